The summed E-state index contributed by atoms with van der Waals surface area (Å²) >= 11 is 37.1. The summed E-state index contributed by atoms with van der Waals surface area (Å²) in [6, 6.07) is 31.6. The van der Waals surface area contributed by atoms with Gasteiger partial charge in [-0.05, 0) is 178 Å². The Labute approximate surface area is 478 Å². The molecule has 11 nitrogen and oxygen atoms in total. The van der Waals surface area contributed by atoms with Crippen molar-refractivity contribution in [1.29, 1.82) is 0 Å². The molecule has 0 spiro atoms. The molecule has 0 radical (unpaired) electrons. The monoisotopic (exact) mass is 1270 g/mol. The average molecular weight is 1270 g/mol. The Hall–Kier alpha value is -3.78. The van der Waals surface area contributed by atoms with E-state index in [1.807, 2.05) is 30.9 Å². The van der Waals surface area contributed by atoms with Crippen molar-refractivity contribution in [3.63, 3.8) is 0 Å². The summed E-state index contributed by atoms with van der Waals surface area (Å²) < 4.78 is 47.7. The standard InChI is InChI=1S/C18H16Cl2INO.C18H18Cl2N2O3S.C18H17Cl2NO3S/c1-11-12-4-2-7-17(21)13(12)8-9-22(11)18(23)10-14-15(19)5-3-6-16(14)20;1-11-12-4-2-7-17(26(21,24)25)13(12)8-9-22(11)18(23)10-14-15(19)5-3-6-16(14)20;1-11-12-4-2-7-17(25(23)24)13(12)8-9-21(11)18(22)10-14-15(19)5-3-6-16(14)20/h2-7,11H,8-10H2,1H3;2-7,11H,8-10H2,1H3,(H2,21,24,25);2-7,11H,8-10H2,1H3,(H,23,24)/p-1/t3*11-/m000/s1. The van der Waals surface area contributed by atoms with Gasteiger partial charge >= 0.3 is 0 Å². The van der Waals surface area contributed by atoms with E-state index in [4.69, 9.17) is 74.7 Å². The third-order valence-electron chi connectivity index (χ3n) is 13.7. The quantitative estimate of drug-likeness (QED) is 0.117. The summed E-state index contributed by atoms with van der Waals surface area (Å²) in [6.07, 6.45) is 2.27. The lowest BCUT2D eigenvalue weighted by molar-refractivity contribution is -0.133. The normalized spacial score (nSPS) is 17.4. The fourth-order valence-corrected chi connectivity index (χ4v) is 13.6. The van der Waals surface area contributed by atoms with Gasteiger partial charge in [-0.1, -0.05) is 124 Å². The summed E-state index contributed by atoms with van der Waals surface area (Å²) in [5, 5.41) is 8.25. The number of hydrogen-bond acceptors (Lipinski definition) is 7. The van der Waals surface area contributed by atoms with E-state index < -0.39 is 21.1 Å². The zero-order valence-electron chi connectivity index (χ0n) is 40.2. The van der Waals surface area contributed by atoms with Crippen molar-refractivity contribution in [3.05, 3.63) is 193 Å². The van der Waals surface area contributed by atoms with E-state index in [2.05, 4.69) is 47.7 Å². The Balaban J connectivity index is 0.000000162. The van der Waals surface area contributed by atoms with Crippen LogP contribution in [0.5, 0.6) is 0 Å². The number of fused-ring (bicyclic) bond motifs is 3. The van der Waals surface area contributed by atoms with Crippen LogP contribution < -0.4 is 5.14 Å². The zero-order chi connectivity index (χ0) is 53.8. The van der Waals surface area contributed by atoms with Crippen LogP contribution in [0.4, 0.5) is 0 Å². The van der Waals surface area contributed by atoms with Crippen LogP contribution in [0.15, 0.2) is 119 Å². The first-order chi connectivity index (χ1) is 35.1. The molecule has 0 bridgehead atoms. The molecule has 3 aliphatic rings. The Morgan fingerprint density at radius 3 is 1.23 bits per heavy atom. The summed E-state index contributed by atoms with van der Waals surface area (Å²) in [7, 11) is -3.80. The second kappa shape index (κ2) is 25.1. The predicted molar refractivity (Wildman–Crippen MR) is 303 cm³/mol. The number of carbonyl (C=O) groups is 3. The Bertz CT molecular complexity index is 3220. The van der Waals surface area contributed by atoms with Crippen LogP contribution in [0.2, 0.25) is 30.1 Å². The van der Waals surface area contributed by atoms with Gasteiger partial charge in [0.2, 0.25) is 27.7 Å². The topological polar surface area (TPSA) is 161 Å². The number of sulfonamides is 1. The van der Waals surface area contributed by atoms with Crippen LogP contribution >= 0.6 is 92.2 Å². The summed E-state index contributed by atoms with van der Waals surface area (Å²) in [4.78, 5) is 44.3. The highest BCUT2D eigenvalue weighted by Gasteiger charge is 2.33. The maximum absolute atomic E-state index is 12.8. The van der Waals surface area contributed by atoms with Crippen molar-refractivity contribution in [2.75, 3.05) is 19.6 Å². The fraction of sp³-hybridized carbons (Fsp3) is 0.278. The second-order valence-corrected chi connectivity index (χ2v) is 23.9. The van der Waals surface area contributed by atoms with Gasteiger partial charge in [-0.3, -0.25) is 18.6 Å². The van der Waals surface area contributed by atoms with Crippen molar-refractivity contribution >= 4 is 131 Å². The minimum atomic E-state index is -3.80. The highest BCUT2D eigenvalue weighted by Crippen LogP contribution is 2.37. The van der Waals surface area contributed by atoms with Gasteiger partial charge in [0.15, 0.2) is 0 Å². The van der Waals surface area contributed by atoms with E-state index >= 15 is 0 Å². The van der Waals surface area contributed by atoms with Gasteiger partial charge in [0.1, 0.15) is 0 Å². The molecule has 6 aromatic carbocycles. The molecule has 3 heterocycles. The highest BCUT2D eigenvalue weighted by atomic mass is 127. The number of nitrogens with zero attached hydrogens (tertiary/aromatic N) is 3. The van der Waals surface area contributed by atoms with Gasteiger partial charge in [0.25, 0.3) is 0 Å². The third kappa shape index (κ3) is 13.1. The molecule has 3 aliphatic heterocycles. The Kier molecular flexibility index (Phi) is 19.7. The van der Waals surface area contributed by atoms with E-state index in [9.17, 15) is 31.6 Å². The van der Waals surface area contributed by atoms with Crippen molar-refractivity contribution in [2.45, 2.75) is 87.2 Å². The van der Waals surface area contributed by atoms with Gasteiger partial charge < -0.3 is 19.3 Å². The van der Waals surface area contributed by atoms with Crippen molar-refractivity contribution in [3.8, 4) is 0 Å². The first-order valence-electron chi connectivity index (χ1n) is 23.4. The molecule has 390 valence electrons. The molecular formula is C54H50Cl6IN4O7S2-. The molecule has 0 aromatic heterocycles. The minimum Gasteiger partial charge on any atom is -0.768 e. The lowest BCUT2D eigenvalue weighted by Crippen LogP contribution is -2.40. The molecule has 6 aromatic rings. The van der Waals surface area contributed by atoms with Gasteiger partial charge in [0, 0.05) is 58.2 Å². The maximum atomic E-state index is 12.8. The number of carbonyl (C=O) groups excluding carboxylic acids is 3. The third-order valence-corrected chi connectivity index (χ3v) is 18.5. The molecule has 0 saturated carbocycles. The van der Waals surface area contributed by atoms with Crippen LogP contribution in [0, 0.1) is 3.57 Å². The molecule has 0 saturated heterocycles. The smallest absolute Gasteiger partial charge is 0.238 e. The maximum Gasteiger partial charge on any atom is 0.238 e. The van der Waals surface area contributed by atoms with Gasteiger partial charge in [-0.25, -0.2) is 13.6 Å². The van der Waals surface area contributed by atoms with Crippen LogP contribution in [-0.2, 0) is 74.0 Å². The van der Waals surface area contributed by atoms with Gasteiger partial charge in [-0.15, -0.1) is 0 Å². The summed E-state index contributed by atoms with van der Waals surface area (Å²) in [5.74, 6) is -0.127. The minimum absolute atomic E-state index is 0.0667. The van der Waals surface area contributed by atoms with Gasteiger partial charge in [0.05, 0.1) is 42.3 Å². The number of amides is 3. The molecule has 3 amide bonds. The van der Waals surface area contributed by atoms with E-state index in [1.165, 1.54) is 20.8 Å². The molecule has 4 atom stereocenters. The Morgan fingerprint density at radius 2 is 0.851 bits per heavy atom. The van der Waals surface area contributed by atoms with Crippen molar-refractivity contribution in [2.24, 2.45) is 5.14 Å². The van der Waals surface area contributed by atoms with Crippen LogP contribution in [0.1, 0.15) is 89.0 Å². The largest absolute Gasteiger partial charge is 0.768 e. The molecular weight excluding hydrogens is 1220 g/mol. The Morgan fingerprint density at radius 1 is 0.541 bits per heavy atom. The molecule has 9 rings (SSSR count). The average Bonchev–Trinajstić information content (AvgIpc) is 3.35. The van der Waals surface area contributed by atoms with Gasteiger partial charge in [-0.2, -0.15) is 0 Å². The second-order valence-electron chi connectivity index (χ2n) is 17.9. The fourth-order valence-electron chi connectivity index (χ4n) is 9.80. The van der Waals surface area contributed by atoms with Crippen molar-refractivity contribution in [1.82, 2.24) is 14.7 Å². The number of rotatable bonds is 8. The van der Waals surface area contributed by atoms with E-state index in [-0.39, 0.29) is 60.0 Å². The van der Waals surface area contributed by atoms with E-state index in [1.54, 1.807) is 82.6 Å². The van der Waals surface area contributed by atoms with E-state index in [0.717, 1.165) is 29.7 Å². The number of benzene rings is 6. The first-order valence-corrected chi connectivity index (χ1v) is 29.4. The summed E-state index contributed by atoms with van der Waals surface area (Å²) in [6.45, 7) is 7.46. The van der Waals surface area contributed by atoms with Crippen molar-refractivity contribution < 1.29 is 31.6 Å². The van der Waals surface area contributed by atoms with E-state index in [0.29, 0.717) is 83.2 Å². The van der Waals surface area contributed by atoms with Crippen LogP contribution in [0.3, 0.4) is 0 Å². The zero-order valence-corrected chi connectivity index (χ0v) is 48.6. The molecule has 0 aliphatic carbocycles. The highest BCUT2D eigenvalue weighted by molar-refractivity contribution is 14.1. The number of halogens is 7. The SMILES string of the molecule is C[C@H]1c2cccc(I)c2CCN1C(=O)Cc1c(Cl)cccc1Cl.C[C@H]1c2cccc(S(=O)[O-])c2CCN1C(=O)Cc1c(Cl)cccc1Cl.C[C@H]1c2cccc(S(N)(=O)=O)c2CCN1C(=O)Cc1c(Cl)cccc1Cl. The predicted octanol–water partition coefficient (Wildman–Crippen LogP) is 12.5. The van der Waals surface area contributed by atoms with Crippen LogP contribution in [-0.4, -0.2) is 69.2 Å². The van der Waals surface area contributed by atoms with Crippen LogP contribution in [0.25, 0.3) is 0 Å². The number of primary sulfonamides is 1. The molecule has 20 heteroatoms. The molecule has 74 heavy (non-hydrogen) atoms. The number of hydrogen-bond donors (Lipinski definition) is 1. The molecule has 2 N–H and O–H groups in total. The number of nitrogens with two attached hydrogens (primary N) is 1. The lowest BCUT2D eigenvalue weighted by Gasteiger charge is -2.36. The lowest BCUT2D eigenvalue weighted by atomic mass is 9.93. The summed E-state index contributed by atoms with van der Waals surface area (Å²) in [5.41, 5.74) is 7.66. The first kappa shape index (κ1) is 57.9. The molecule has 1 unspecified atom stereocenters. The molecule has 0 fully saturated rings.